The van der Waals surface area contributed by atoms with Crippen molar-refractivity contribution in [3.63, 3.8) is 0 Å². The number of rotatable bonds is 5. The number of carbonyl (C=O) groups excluding carboxylic acids is 1. The van der Waals surface area contributed by atoms with Gasteiger partial charge in [0.25, 0.3) is 0 Å². The molecule has 5 heteroatoms. The van der Waals surface area contributed by atoms with Crippen LogP contribution in [0.15, 0.2) is 0 Å². The molecule has 0 saturated carbocycles. The fraction of sp³-hybridized carbons (Fsp3) is 0.900. The second kappa shape index (κ2) is 7.91. The molecule has 92 valence electrons. The minimum Gasteiger partial charge on any atom is -0.459 e. The molecule has 0 radical (unpaired) electrons. The zero-order valence-electron chi connectivity index (χ0n) is 9.79. The van der Waals surface area contributed by atoms with E-state index in [1.165, 1.54) is 0 Å². The topological polar surface area (TPSA) is 78.3 Å². The molecule has 4 N–H and O–H groups in total. The van der Waals surface area contributed by atoms with Gasteiger partial charge in [-0.2, -0.15) is 0 Å². The molecule has 0 aliphatic carbocycles. The molecule has 0 unspecified atom stereocenters. The van der Waals surface area contributed by atoms with E-state index in [1.807, 2.05) is 20.8 Å². The van der Waals surface area contributed by atoms with Gasteiger partial charge in [-0.3, -0.25) is 4.79 Å². The quantitative estimate of drug-likeness (QED) is 0.558. The Balaban J connectivity index is 0. The van der Waals surface area contributed by atoms with Crippen molar-refractivity contribution in [2.75, 3.05) is 6.54 Å². The lowest BCUT2D eigenvalue weighted by atomic mass is 10.1. The largest absolute Gasteiger partial charge is 0.459 e. The number of unbranched alkanes of at least 4 members (excludes halogenated alkanes) is 1. The number of nitrogens with two attached hydrogens (primary N) is 2. The molecule has 1 atom stereocenters. The molecule has 0 aromatic rings. The van der Waals surface area contributed by atoms with Gasteiger partial charge < -0.3 is 16.2 Å². The zero-order chi connectivity index (χ0) is 11.2. The maximum absolute atomic E-state index is 11.4. The van der Waals surface area contributed by atoms with Gasteiger partial charge in [-0.05, 0) is 40.2 Å². The molecule has 4 nitrogen and oxygen atoms in total. The normalized spacial score (nSPS) is 12.9. The van der Waals surface area contributed by atoms with Gasteiger partial charge in [-0.1, -0.05) is 6.42 Å². The Morgan fingerprint density at radius 3 is 2.27 bits per heavy atom. The van der Waals surface area contributed by atoms with Gasteiger partial charge >= 0.3 is 5.97 Å². The number of hydrogen-bond donors (Lipinski definition) is 2. The van der Waals surface area contributed by atoms with Crippen molar-refractivity contribution in [3.05, 3.63) is 0 Å². The molecule has 0 heterocycles. The van der Waals surface area contributed by atoms with Gasteiger partial charge in [0.15, 0.2) is 0 Å². The molecule has 0 rings (SSSR count). The molecule has 0 saturated heterocycles. The van der Waals surface area contributed by atoms with E-state index in [4.69, 9.17) is 16.2 Å². The first kappa shape index (κ1) is 17.1. The Morgan fingerprint density at radius 2 is 1.87 bits per heavy atom. The second-order valence-corrected chi connectivity index (χ2v) is 4.42. The maximum Gasteiger partial charge on any atom is 0.323 e. The molecular formula is C10H23ClN2O2. The Bertz CT molecular complexity index is 181. The lowest BCUT2D eigenvalue weighted by Gasteiger charge is -2.22. The summed E-state index contributed by atoms with van der Waals surface area (Å²) in [5.74, 6) is -0.325. The third-order valence-electron chi connectivity index (χ3n) is 1.68. The van der Waals surface area contributed by atoms with E-state index < -0.39 is 11.6 Å². The summed E-state index contributed by atoms with van der Waals surface area (Å²) in [4.78, 5) is 11.4. The Hall–Kier alpha value is -0.320. The minimum absolute atomic E-state index is 0. The van der Waals surface area contributed by atoms with E-state index in [0.29, 0.717) is 13.0 Å². The minimum atomic E-state index is -0.513. The van der Waals surface area contributed by atoms with Crippen LogP contribution in [-0.4, -0.2) is 24.2 Å². The van der Waals surface area contributed by atoms with Crippen molar-refractivity contribution in [1.82, 2.24) is 0 Å². The van der Waals surface area contributed by atoms with E-state index in [-0.39, 0.29) is 18.4 Å². The van der Waals surface area contributed by atoms with Crippen LogP contribution in [0.4, 0.5) is 0 Å². The molecule has 0 aromatic heterocycles. The number of halogens is 1. The Morgan fingerprint density at radius 1 is 1.33 bits per heavy atom. The van der Waals surface area contributed by atoms with Gasteiger partial charge in [-0.25, -0.2) is 0 Å². The van der Waals surface area contributed by atoms with Crippen LogP contribution in [0.2, 0.25) is 0 Å². The summed E-state index contributed by atoms with van der Waals surface area (Å²) in [5, 5.41) is 0. The summed E-state index contributed by atoms with van der Waals surface area (Å²) in [7, 11) is 0. The lowest BCUT2D eigenvalue weighted by Crippen LogP contribution is -2.37. The van der Waals surface area contributed by atoms with Crippen molar-refractivity contribution in [2.45, 2.75) is 51.7 Å². The van der Waals surface area contributed by atoms with Gasteiger partial charge in [0.2, 0.25) is 0 Å². The summed E-state index contributed by atoms with van der Waals surface area (Å²) < 4.78 is 5.13. The lowest BCUT2D eigenvalue weighted by molar-refractivity contribution is -0.156. The van der Waals surface area contributed by atoms with Crippen LogP contribution < -0.4 is 11.5 Å². The second-order valence-electron chi connectivity index (χ2n) is 4.42. The third kappa shape index (κ3) is 9.97. The molecular weight excluding hydrogens is 216 g/mol. The highest BCUT2D eigenvalue weighted by Crippen LogP contribution is 2.09. The predicted molar refractivity (Wildman–Crippen MR) is 64.0 cm³/mol. The molecule has 0 bridgehead atoms. The van der Waals surface area contributed by atoms with Crippen LogP contribution in [0.3, 0.4) is 0 Å². The smallest absolute Gasteiger partial charge is 0.323 e. The monoisotopic (exact) mass is 238 g/mol. The fourth-order valence-corrected chi connectivity index (χ4v) is 1.00. The van der Waals surface area contributed by atoms with E-state index in [2.05, 4.69) is 0 Å². The van der Waals surface area contributed by atoms with Crippen LogP contribution >= 0.6 is 12.4 Å². The van der Waals surface area contributed by atoms with Gasteiger partial charge in [0.1, 0.15) is 11.6 Å². The molecule has 0 spiro atoms. The first-order valence-corrected chi connectivity index (χ1v) is 5.05. The van der Waals surface area contributed by atoms with Gasteiger partial charge in [0.05, 0.1) is 0 Å². The molecule has 0 fully saturated rings. The van der Waals surface area contributed by atoms with E-state index in [0.717, 1.165) is 12.8 Å². The summed E-state index contributed by atoms with van der Waals surface area (Å²) >= 11 is 0. The fourth-order valence-electron chi connectivity index (χ4n) is 1.00. The van der Waals surface area contributed by atoms with E-state index in [1.54, 1.807) is 0 Å². The van der Waals surface area contributed by atoms with E-state index >= 15 is 0 Å². The van der Waals surface area contributed by atoms with Crippen molar-refractivity contribution < 1.29 is 9.53 Å². The van der Waals surface area contributed by atoms with Crippen molar-refractivity contribution in [3.8, 4) is 0 Å². The molecule has 0 aromatic carbocycles. The standard InChI is InChI=1S/C10H22N2O2.ClH/c1-10(2,3)14-9(13)8(12)6-4-5-7-11;/h8H,4-7,11-12H2,1-3H3;1H/t8-;/m0./s1. The highest BCUT2D eigenvalue weighted by molar-refractivity contribution is 5.85. The maximum atomic E-state index is 11.4. The van der Waals surface area contributed by atoms with Gasteiger partial charge in [0, 0.05) is 0 Å². The van der Waals surface area contributed by atoms with Crippen LogP contribution in [-0.2, 0) is 9.53 Å². The van der Waals surface area contributed by atoms with Crippen molar-refractivity contribution in [1.29, 1.82) is 0 Å². The van der Waals surface area contributed by atoms with Crippen LogP contribution in [0.25, 0.3) is 0 Å². The van der Waals surface area contributed by atoms with Crippen LogP contribution in [0.1, 0.15) is 40.0 Å². The van der Waals surface area contributed by atoms with E-state index in [9.17, 15) is 4.79 Å². The first-order valence-electron chi connectivity index (χ1n) is 5.05. The number of ether oxygens (including phenoxy) is 1. The zero-order valence-corrected chi connectivity index (χ0v) is 10.6. The first-order chi connectivity index (χ1) is 6.37. The molecule has 0 aliphatic rings. The van der Waals surface area contributed by atoms with Crippen molar-refractivity contribution >= 4 is 18.4 Å². The van der Waals surface area contributed by atoms with Crippen LogP contribution in [0.5, 0.6) is 0 Å². The Kier molecular flexibility index (Phi) is 9.01. The highest BCUT2D eigenvalue weighted by Gasteiger charge is 2.21. The number of hydrogen-bond acceptors (Lipinski definition) is 4. The Labute approximate surface area is 98.1 Å². The average Bonchev–Trinajstić information content (AvgIpc) is 2.01. The molecule has 15 heavy (non-hydrogen) atoms. The summed E-state index contributed by atoms with van der Waals surface area (Å²) in [6, 6.07) is -0.513. The highest BCUT2D eigenvalue weighted by atomic mass is 35.5. The summed E-state index contributed by atoms with van der Waals surface area (Å²) in [6.07, 6.45) is 2.42. The van der Waals surface area contributed by atoms with Gasteiger partial charge in [-0.15, -0.1) is 12.4 Å². The van der Waals surface area contributed by atoms with Crippen molar-refractivity contribution in [2.24, 2.45) is 11.5 Å². The molecule has 0 amide bonds. The summed E-state index contributed by atoms with van der Waals surface area (Å²) in [5.41, 5.74) is 10.5. The third-order valence-corrected chi connectivity index (χ3v) is 1.68. The van der Waals surface area contributed by atoms with Crippen LogP contribution in [0, 0.1) is 0 Å². The predicted octanol–water partition coefficient (Wildman–Crippen LogP) is 1.21. The number of esters is 1. The molecule has 0 aliphatic heterocycles. The SMILES string of the molecule is CC(C)(C)OC(=O)[C@@H](N)CCCCN.Cl. The average molecular weight is 239 g/mol. The number of carbonyl (C=O) groups is 1. The summed E-state index contributed by atoms with van der Waals surface area (Å²) in [6.45, 7) is 6.13.